The van der Waals surface area contributed by atoms with Gasteiger partial charge in [-0.25, -0.2) is 0 Å². The van der Waals surface area contributed by atoms with Crippen LogP contribution in [0.5, 0.6) is 0 Å². The number of carbonyl (C=O) groups is 2. The number of nitrogens with one attached hydrogen (secondary N) is 1. The monoisotopic (exact) mass is 465 g/mol. The Bertz CT molecular complexity index is 1180. The van der Waals surface area contributed by atoms with Gasteiger partial charge in [-0.1, -0.05) is 33.1 Å². The van der Waals surface area contributed by atoms with E-state index in [2.05, 4.69) is 48.5 Å². The van der Waals surface area contributed by atoms with Gasteiger partial charge in [-0.15, -0.1) is 11.3 Å². The van der Waals surface area contributed by atoms with Gasteiger partial charge < -0.3 is 15.6 Å². The molecule has 5 rings (SSSR count). The topological polar surface area (TPSA) is 77.1 Å². The van der Waals surface area contributed by atoms with Crippen molar-refractivity contribution in [3.05, 3.63) is 46.0 Å². The molecule has 2 aromatic heterocycles. The van der Waals surface area contributed by atoms with E-state index in [-0.39, 0.29) is 11.2 Å². The number of nitrogens with zero attached hydrogens (tertiary/aromatic N) is 1. The molecule has 0 bridgehead atoms. The summed E-state index contributed by atoms with van der Waals surface area (Å²) in [7, 11) is 1.50. The molecule has 2 aliphatic rings. The minimum absolute atomic E-state index is 0.0523. The molecule has 3 aromatic rings. The lowest BCUT2D eigenvalue weighted by Gasteiger charge is -2.30. The molecule has 33 heavy (non-hydrogen) atoms. The van der Waals surface area contributed by atoms with Gasteiger partial charge in [-0.2, -0.15) is 0 Å². The zero-order valence-electron chi connectivity index (χ0n) is 20.2. The summed E-state index contributed by atoms with van der Waals surface area (Å²) < 4.78 is 2.28. The first-order chi connectivity index (χ1) is 15.9. The Kier molecular flexibility index (Phi) is 6.78. The molecule has 176 valence electrons. The van der Waals surface area contributed by atoms with Crippen molar-refractivity contribution in [2.75, 3.05) is 12.4 Å². The Balaban J connectivity index is 0.00000126. The molecule has 0 radical (unpaired) electrons. The highest BCUT2D eigenvalue weighted by Crippen LogP contribution is 2.44. The summed E-state index contributed by atoms with van der Waals surface area (Å²) >= 11 is 1.74. The first-order valence-corrected chi connectivity index (χ1v) is 12.8. The molecule has 2 heterocycles. The van der Waals surface area contributed by atoms with Crippen molar-refractivity contribution in [1.29, 1.82) is 0 Å². The van der Waals surface area contributed by atoms with Crippen LogP contribution in [0.25, 0.3) is 15.9 Å². The Morgan fingerprint density at radius 3 is 2.55 bits per heavy atom. The number of rotatable bonds is 4. The number of Topliss-reactive ketones (excluding diaryl/α,β-unsaturated/α-hetero) is 1. The van der Waals surface area contributed by atoms with Crippen molar-refractivity contribution in [2.24, 2.45) is 11.1 Å². The molecular formula is C27H35N3O2S. The zero-order valence-corrected chi connectivity index (χ0v) is 21.0. The van der Waals surface area contributed by atoms with Crippen molar-refractivity contribution < 1.29 is 9.59 Å². The molecular weight excluding hydrogens is 430 g/mol. The third-order valence-corrected chi connectivity index (χ3v) is 7.85. The van der Waals surface area contributed by atoms with Crippen molar-refractivity contribution in [2.45, 2.75) is 71.8 Å². The lowest BCUT2D eigenvalue weighted by molar-refractivity contribution is 0.0912. The summed E-state index contributed by atoms with van der Waals surface area (Å²) in [6.45, 7) is 6.45. The van der Waals surface area contributed by atoms with Gasteiger partial charge in [0.1, 0.15) is 4.83 Å². The molecule has 0 amide bonds. The number of ketones is 1. The summed E-state index contributed by atoms with van der Waals surface area (Å²) in [5.74, 6) is 0.248. The average Bonchev–Trinajstić information content (AvgIpc) is 3.28. The summed E-state index contributed by atoms with van der Waals surface area (Å²) in [5.41, 5.74) is 9.10. The summed E-state index contributed by atoms with van der Waals surface area (Å²) in [4.78, 5) is 27.2. The second-order valence-corrected chi connectivity index (χ2v) is 11.3. The number of aryl methyl sites for hydroxylation is 1. The largest absolute Gasteiger partial charge is 0.382 e. The standard InChI is InChI=1S/C26H30N2O2S.CH5N/c1-16-11-20-24-22(13-26(2,3)14-23(24)30)28(25(20)31-16)19-10-9-17(15-29)21(12-19)27-18-7-5-4-6-8-18;1-2/h9-12,15,18,27H,4-8,13-14H2,1-3H3;2H2,1H3. The van der Waals surface area contributed by atoms with Crippen LogP contribution < -0.4 is 11.1 Å². The Hall–Kier alpha value is -2.44. The van der Waals surface area contributed by atoms with Gasteiger partial charge in [-0.3, -0.25) is 9.59 Å². The number of aromatic nitrogens is 1. The maximum Gasteiger partial charge on any atom is 0.165 e. The molecule has 0 unspecified atom stereocenters. The quantitative estimate of drug-likeness (QED) is 0.444. The first kappa shape index (κ1) is 23.7. The third-order valence-electron chi connectivity index (χ3n) is 6.82. The van der Waals surface area contributed by atoms with Crippen LogP contribution in [-0.2, 0) is 6.42 Å². The van der Waals surface area contributed by atoms with Gasteiger partial charge in [0.15, 0.2) is 12.1 Å². The van der Waals surface area contributed by atoms with E-state index in [0.717, 1.165) is 58.4 Å². The number of aldehydes is 1. The summed E-state index contributed by atoms with van der Waals surface area (Å²) in [6.07, 6.45) is 8.49. The summed E-state index contributed by atoms with van der Waals surface area (Å²) in [5, 5.41) is 4.74. The first-order valence-electron chi connectivity index (χ1n) is 12.0. The second kappa shape index (κ2) is 9.43. The van der Waals surface area contributed by atoms with Crippen molar-refractivity contribution >= 4 is 39.3 Å². The molecule has 0 atom stereocenters. The molecule has 2 aliphatic carbocycles. The van der Waals surface area contributed by atoms with Crippen LogP contribution in [0.3, 0.4) is 0 Å². The lowest BCUT2D eigenvalue weighted by atomic mass is 9.76. The van der Waals surface area contributed by atoms with Crippen molar-refractivity contribution in [3.63, 3.8) is 0 Å². The van der Waals surface area contributed by atoms with Crippen LogP contribution in [0.1, 0.15) is 83.7 Å². The number of thiophene rings is 1. The van der Waals surface area contributed by atoms with E-state index in [1.54, 1.807) is 11.3 Å². The predicted octanol–water partition coefficient (Wildman–Crippen LogP) is 6.29. The van der Waals surface area contributed by atoms with Gasteiger partial charge in [0.2, 0.25) is 0 Å². The van der Waals surface area contributed by atoms with E-state index < -0.39 is 0 Å². The van der Waals surface area contributed by atoms with Crippen LogP contribution in [-0.4, -0.2) is 29.7 Å². The highest BCUT2D eigenvalue weighted by molar-refractivity contribution is 7.18. The van der Waals surface area contributed by atoms with E-state index in [1.807, 2.05) is 12.1 Å². The van der Waals surface area contributed by atoms with Crippen LogP contribution >= 0.6 is 11.3 Å². The Morgan fingerprint density at radius 2 is 1.85 bits per heavy atom. The number of fused-ring (bicyclic) bond motifs is 3. The number of nitrogens with two attached hydrogens (primary N) is 1. The number of carbonyl (C=O) groups excluding carboxylic acids is 2. The average molecular weight is 466 g/mol. The Morgan fingerprint density at radius 1 is 1.12 bits per heavy atom. The fraction of sp³-hybridized carbons (Fsp3) is 0.481. The minimum Gasteiger partial charge on any atom is -0.382 e. The van der Waals surface area contributed by atoms with Gasteiger partial charge >= 0.3 is 0 Å². The van der Waals surface area contributed by atoms with Crippen molar-refractivity contribution in [3.8, 4) is 5.69 Å². The van der Waals surface area contributed by atoms with E-state index >= 15 is 0 Å². The van der Waals surface area contributed by atoms with Gasteiger partial charge in [0.25, 0.3) is 0 Å². The number of anilines is 1. The maximum atomic E-state index is 13.1. The van der Waals surface area contributed by atoms with Gasteiger partial charge in [0.05, 0.1) is 0 Å². The van der Waals surface area contributed by atoms with Gasteiger partial charge in [-0.05, 0) is 62.9 Å². The number of hydrogen-bond donors (Lipinski definition) is 2. The Labute approximate surface area is 200 Å². The van der Waals surface area contributed by atoms with Crippen molar-refractivity contribution in [1.82, 2.24) is 4.57 Å². The van der Waals surface area contributed by atoms with Crippen LogP contribution in [0.15, 0.2) is 24.3 Å². The molecule has 1 aromatic carbocycles. The predicted molar refractivity (Wildman–Crippen MR) is 138 cm³/mol. The van der Waals surface area contributed by atoms with Gasteiger partial charge in [0, 0.05) is 50.9 Å². The number of benzene rings is 1. The SMILES string of the molecule is CN.Cc1cc2c3c(n(-c4ccc(C=O)c(NC5CCCCC5)c4)c2s1)CC(C)(C)CC3=O. The molecule has 1 fully saturated rings. The molecule has 0 aliphatic heterocycles. The van der Waals surface area contributed by atoms with E-state index in [9.17, 15) is 9.59 Å². The third kappa shape index (κ3) is 4.51. The van der Waals surface area contributed by atoms with E-state index in [1.165, 1.54) is 31.2 Å². The highest BCUT2D eigenvalue weighted by Gasteiger charge is 2.36. The molecule has 5 nitrogen and oxygen atoms in total. The highest BCUT2D eigenvalue weighted by atomic mass is 32.1. The molecule has 0 saturated heterocycles. The molecule has 3 N–H and O–H groups in total. The zero-order chi connectivity index (χ0) is 23.8. The van der Waals surface area contributed by atoms with E-state index in [4.69, 9.17) is 0 Å². The normalized spacial score (nSPS) is 17.9. The minimum atomic E-state index is -0.0523. The summed E-state index contributed by atoms with van der Waals surface area (Å²) in [6, 6.07) is 8.63. The molecule has 6 heteroatoms. The van der Waals surface area contributed by atoms with Crippen LogP contribution in [0, 0.1) is 12.3 Å². The fourth-order valence-corrected chi connectivity index (χ4v) is 6.47. The fourth-order valence-electron chi connectivity index (χ4n) is 5.41. The number of hydrogen-bond acceptors (Lipinski definition) is 5. The van der Waals surface area contributed by atoms with E-state index in [0.29, 0.717) is 18.0 Å². The van der Waals surface area contributed by atoms with Crippen LogP contribution in [0.4, 0.5) is 5.69 Å². The van der Waals surface area contributed by atoms with Crippen LogP contribution in [0.2, 0.25) is 0 Å². The lowest BCUT2D eigenvalue weighted by Crippen LogP contribution is -2.28. The second-order valence-electron chi connectivity index (χ2n) is 10.0. The molecule has 1 saturated carbocycles. The molecule has 0 spiro atoms. The maximum absolute atomic E-state index is 13.1. The smallest absolute Gasteiger partial charge is 0.165 e.